The molecule has 0 bridgehead atoms. The van der Waals surface area contributed by atoms with Crippen LogP contribution in [-0.2, 0) is 6.54 Å². The maximum absolute atomic E-state index is 5.84. The van der Waals surface area contributed by atoms with Gasteiger partial charge in [-0.3, -0.25) is 0 Å². The minimum absolute atomic E-state index is 0.552. The van der Waals surface area contributed by atoms with Crippen molar-refractivity contribution in [2.45, 2.75) is 6.54 Å². The summed E-state index contributed by atoms with van der Waals surface area (Å²) in [6.45, 7) is 0.552. The summed E-state index contributed by atoms with van der Waals surface area (Å²) in [7, 11) is 0. The highest BCUT2D eigenvalue weighted by Gasteiger charge is 2.14. The first-order chi connectivity index (χ1) is 11.4. The molecule has 23 heavy (non-hydrogen) atoms. The number of rotatable bonds is 3. The molecule has 1 aromatic heterocycles. The van der Waals surface area contributed by atoms with Crippen molar-refractivity contribution in [1.29, 1.82) is 0 Å². The van der Waals surface area contributed by atoms with Crippen LogP contribution in [0.15, 0.2) is 78.9 Å². The molecule has 4 rings (SSSR count). The summed E-state index contributed by atoms with van der Waals surface area (Å²) in [5.74, 6) is 0. The zero-order valence-corrected chi connectivity index (χ0v) is 12.8. The van der Waals surface area contributed by atoms with E-state index < -0.39 is 0 Å². The van der Waals surface area contributed by atoms with Gasteiger partial charge >= 0.3 is 0 Å². The maximum Gasteiger partial charge on any atom is 0.0544 e. The summed E-state index contributed by atoms with van der Waals surface area (Å²) in [4.78, 5) is 3.59. The van der Waals surface area contributed by atoms with E-state index in [0.29, 0.717) is 6.54 Å². The molecular weight excluding hydrogens is 280 g/mol. The van der Waals surface area contributed by atoms with Crippen LogP contribution < -0.4 is 5.73 Å². The number of H-pyrrole nitrogens is 1. The minimum Gasteiger partial charge on any atom is -0.354 e. The smallest absolute Gasteiger partial charge is 0.0544 e. The Morgan fingerprint density at radius 1 is 0.739 bits per heavy atom. The second-order valence-corrected chi connectivity index (χ2v) is 5.69. The van der Waals surface area contributed by atoms with E-state index in [1.54, 1.807) is 0 Å². The summed E-state index contributed by atoms with van der Waals surface area (Å²) in [5, 5.41) is 1.22. The maximum atomic E-state index is 5.84. The van der Waals surface area contributed by atoms with Gasteiger partial charge in [0.1, 0.15) is 0 Å². The second-order valence-electron chi connectivity index (χ2n) is 5.69. The SMILES string of the molecule is NCc1ccc2[nH]c(-c3ccccc3)c(-c3ccccc3)c2c1. The lowest BCUT2D eigenvalue weighted by Gasteiger charge is -2.06. The monoisotopic (exact) mass is 298 g/mol. The van der Waals surface area contributed by atoms with Crippen molar-refractivity contribution in [1.82, 2.24) is 4.98 Å². The predicted octanol–water partition coefficient (Wildman–Crippen LogP) is 4.96. The highest BCUT2D eigenvalue weighted by Crippen LogP contribution is 2.38. The molecule has 0 fully saturated rings. The number of aromatic amines is 1. The van der Waals surface area contributed by atoms with Crippen molar-refractivity contribution in [3.63, 3.8) is 0 Å². The number of hydrogen-bond acceptors (Lipinski definition) is 1. The van der Waals surface area contributed by atoms with Crippen LogP contribution in [0.5, 0.6) is 0 Å². The van der Waals surface area contributed by atoms with Crippen LogP contribution in [0.4, 0.5) is 0 Å². The third-order valence-electron chi connectivity index (χ3n) is 4.22. The summed E-state index contributed by atoms with van der Waals surface area (Å²) >= 11 is 0. The fourth-order valence-electron chi connectivity index (χ4n) is 3.09. The molecule has 1 heterocycles. The van der Waals surface area contributed by atoms with E-state index in [1.165, 1.54) is 22.1 Å². The predicted molar refractivity (Wildman–Crippen MR) is 97.1 cm³/mol. The van der Waals surface area contributed by atoms with Crippen LogP contribution in [0.1, 0.15) is 5.56 Å². The Morgan fingerprint density at radius 2 is 1.39 bits per heavy atom. The Labute approximate surface area is 135 Å². The molecule has 2 heteroatoms. The number of fused-ring (bicyclic) bond motifs is 1. The van der Waals surface area contributed by atoms with Gasteiger partial charge in [0.25, 0.3) is 0 Å². The molecule has 112 valence electrons. The lowest BCUT2D eigenvalue weighted by Crippen LogP contribution is -1.95. The Morgan fingerprint density at radius 3 is 2.04 bits per heavy atom. The normalized spacial score (nSPS) is 11.0. The molecule has 3 aromatic carbocycles. The summed E-state index contributed by atoms with van der Waals surface area (Å²) in [6.07, 6.45) is 0. The van der Waals surface area contributed by atoms with Gasteiger partial charge in [0.2, 0.25) is 0 Å². The zero-order chi connectivity index (χ0) is 15.6. The number of aromatic nitrogens is 1. The van der Waals surface area contributed by atoms with E-state index in [0.717, 1.165) is 16.8 Å². The van der Waals surface area contributed by atoms with Crippen LogP contribution >= 0.6 is 0 Å². The summed E-state index contributed by atoms with van der Waals surface area (Å²) in [5.41, 5.74) is 12.9. The average Bonchev–Trinajstić information content (AvgIpc) is 3.01. The van der Waals surface area contributed by atoms with Crippen molar-refractivity contribution < 1.29 is 0 Å². The van der Waals surface area contributed by atoms with Crippen LogP contribution in [0.3, 0.4) is 0 Å². The quantitative estimate of drug-likeness (QED) is 0.551. The highest BCUT2D eigenvalue weighted by molar-refractivity contribution is 6.04. The Bertz CT molecular complexity index is 938. The van der Waals surface area contributed by atoms with Crippen LogP contribution in [0.2, 0.25) is 0 Å². The third-order valence-corrected chi connectivity index (χ3v) is 4.22. The van der Waals surface area contributed by atoms with Crippen molar-refractivity contribution in [3.8, 4) is 22.4 Å². The number of hydrogen-bond donors (Lipinski definition) is 2. The Kier molecular flexibility index (Phi) is 3.45. The minimum atomic E-state index is 0.552. The van der Waals surface area contributed by atoms with Gasteiger partial charge in [0.05, 0.1) is 5.69 Å². The topological polar surface area (TPSA) is 41.8 Å². The highest BCUT2D eigenvalue weighted by atomic mass is 14.7. The van der Waals surface area contributed by atoms with Crippen LogP contribution in [0, 0.1) is 0 Å². The van der Waals surface area contributed by atoms with Gasteiger partial charge in [-0.1, -0.05) is 66.7 Å². The largest absolute Gasteiger partial charge is 0.354 e. The van der Waals surface area contributed by atoms with Gasteiger partial charge < -0.3 is 10.7 Å². The van der Waals surface area contributed by atoms with E-state index in [1.807, 2.05) is 12.1 Å². The molecule has 0 atom stereocenters. The molecule has 0 radical (unpaired) electrons. The average molecular weight is 298 g/mol. The molecule has 0 spiro atoms. The molecule has 3 N–H and O–H groups in total. The van der Waals surface area contributed by atoms with Crippen molar-refractivity contribution in [2.24, 2.45) is 5.73 Å². The first-order valence-corrected chi connectivity index (χ1v) is 7.82. The molecule has 0 aliphatic carbocycles. The molecule has 0 saturated carbocycles. The van der Waals surface area contributed by atoms with Crippen molar-refractivity contribution >= 4 is 10.9 Å². The Hall–Kier alpha value is -2.84. The number of benzene rings is 3. The molecule has 0 aliphatic heterocycles. The summed E-state index contributed by atoms with van der Waals surface area (Å²) < 4.78 is 0. The van der Waals surface area contributed by atoms with Gasteiger partial charge in [-0.05, 0) is 28.8 Å². The van der Waals surface area contributed by atoms with Gasteiger partial charge in [0, 0.05) is 23.0 Å². The lowest BCUT2D eigenvalue weighted by molar-refractivity contribution is 1.08. The standard InChI is InChI=1S/C21H18N2/c22-14-15-11-12-19-18(13-15)20(16-7-3-1-4-8-16)21(23-19)17-9-5-2-6-10-17/h1-13,23H,14,22H2. The van der Waals surface area contributed by atoms with E-state index in [2.05, 4.69) is 71.7 Å². The van der Waals surface area contributed by atoms with E-state index in [-0.39, 0.29) is 0 Å². The lowest BCUT2D eigenvalue weighted by atomic mass is 9.97. The van der Waals surface area contributed by atoms with Crippen molar-refractivity contribution in [2.75, 3.05) is 0 Å². The molecule has 0 aliphatic rings. The molecule has 0 saturated heterocycles. The number of nitrogens with two attached hydrogens (primary N) is 1. The van der Waals surface area contributed by atoms with E-state index in [4.69, 9.17) is 5.73 Å². The number of nitrogens with one attached hydrogen (secondary N) is 1. The molecule has 2 nitrogen and oxygen atoms in total. The van der Waals surface area contributed by atoms with Crippen molar-refractivity contribution in [3.05, 3.63) is 84.4 Å². The molecular formula is C21H18N2. The Balaban J connectivity index is 2.06. The molecule has 0 unspecified atom stereocenters. The van der Waals surface area contributed by atoms with Crippen LogP contribution in [0.25, 0.3) is 33.3 Å². The van der Waals surface area contributed by atoms with Gasteiger partial charge in [0.15, 0.2) is 0 Å². The molecule has 4 aromatic rings. The van der Waals surface area contributed by atoms with Gasteiger partial charge in [-0.2, -0.15) is 0 Å². The van der Waals surface area contributed by atoms with Crippen LogP contribution in [-0.4, -0.2) is 4.98 Å². The summed E-state index contributed by atoms with van der Waals surface area (Å²) in [6, 6.07) is 27.4. The van der Waals surface area contributed by atoms with Gasteiger partial charge in [-0.25, -0.2) is 0 Å². The zero-order valence-electron chi connectivity index (χ0n) is 12.8. The fourth-order valence-corrected chi connectivity index (χ4v) is 3.09. The van der Waals surface area contributed by atoms with Gasteiger partial charge in [-0.15, -0.1) is 0 Å². The van der Waals surface area contributed by atoms with E-state index >= 15 is 0 Å². The molecule has 0 amide bonds. The first kappa shape index (κ1) is 13.8. The van der Waals surface area contributed by atoms with E-state index in [9.17, 15) is 0 Å². The fraction of sp³-hybridized carbons (Fsp3) is 0.0476. The second kappa shape index (κ2) is 5.75. The third kappa shape index (κ3) is 2.43. The first-order valence-electron chi connectivity index (χ1n) is 7.82.